The summed E-state index contributed by atoms with van der Waals surface area (Å²) in [5, 5.41) is 11.3. The Morgan fingerprint density at radius 3 is 1.59 bits per heavy atom. The van der Waals surface area contributed by atoms with E-state index < -0.39 is 128 Å². The van der Waals surface area contributed by atoms with Gasteiger partial charge in [0.25, 0.3) is 0 Å². The highest BCUT2D eigenvalue weighted by Crippen LogP contribution is 2.45. The van der Waals surface area contributed by atoms with Crippen LogP contribution >= 0.6 is 0 Å². The first-order valence-corrected chi connectivity index (χ1v) is 19.1. The van der Waals surface area contributed by atoms with E-state index in [-0.39, 0.29) is 6.61 Å². The normalized spacial score (nSPS) is 41.4. The molecular formula is C39H56O19. The fourth-order valence-electron chi connectivity index (χ4n) is 7.50. The van der Waals surface area contributed by atoms with Crippen molar-refractivity contribution < 1.29 is 90.6 Å². The quantitative estimate of drug-likeness (QED) is 0.221. The maximum atomic E-state index is 12.9. The third kappa shape index (κ3) is 9.98. The summed E-state index contributed by atoms with van der Waals surface area (Å²) in [6.45, 7) is 12.8. The Bertz CT molecular complexity index is 1580. The third-order valence-corrected chi connectivity index (χ3v) is 10.6. The summed E-state index contributed by atoms with van der Waals surface area (Å²) in [4.78, 5) is 49.6. The van der Waals surface area contributed by atoms with Crippen LogP contribution in [0.1, 0.15) is 67.9 Å². The Kier molecular flexibility index (Phi) is 14.9. The second kappa shape index (κ2) is 18.9. The highest BCUT2D eigenvalue weighted by atomic mass is 16.8. The van der Waals surface area contributed by atoms with Crippen molar-refractivity contribution in [3.8, 4) is 0 Å². The molecule has 2 unspecified atom stereocenters. The van der Waals surface area contributed by atoms with Crippen LogP contribution in [0.25, 0.3) is 0 Å². The molecule has 1 aromatic carbocycles. The van der Waals surface area contributed by atoms with E-state index in [1.165, 1.54) is 21.1 Å². The molecular weight excluding hydrogens is 772 g/mol. The molecule has 17 atom stereocenters. The number of ether oxygens (including phenoxy) is 14. The fraction of sp³-hybridized carbons (Fsp3) is 0.744. The van der Waals surface area contributed by atoms with E-state index in [2.05, 4.69) is 0 Å². The molecule has 4 aliphatic heterocycles. The van der Waals surface area contributed by atoms with E-state index in [0.717, 1.165) is 33.3 Å². The lowest BCUT2D eigenvalue weighted by molar-refractivity contribution is -0.485. The van der Waals surface area contributed by atoms with E-state index in [9.17, 15) is 24.3 Å². The molecule has 0 radical (unpaired) electrons. The molecule has 1 N–H and O–H groups in total. The van der Waals surface area contributed by atoms with Crippen molar-refractivity contribution in [2.45, 2.75) is 173 Å². The van der Waals surface area contributed by atoms with Gasteiger partial charge in [0.2, 0.25) is 11.6 Å². The molecule has 1 aromatic rings. The van der Waals surface area contributed by atoms with Crippen molar-refractivity contribution in [1.29, 1.82) is 0 Å². The topological polar surface area (TPSA) is 218 Å². The van der Waals surface area contributed by atoms with Gasteiger partial charge in [0, 0.05) is 41.9 Å². The first kappa shape index (κ1) is 45.7. The minimum Gasteiger partial charge on any atom is -0.457 e. The van der Waals surface area contributed by atoms with Gasteiger partial charge in [-0.1, -0.05) is 30.3 Å². The van der Waals surface area contributed by atoms with Gasteiger partial charge in [-0.05, 0) is 40.2 Å². The maximum Gasteiger partial charge on any atom is 0.303 e. The number of aliphatic hydroxyl groups is 1. The number of carbonyl (C=O) groups is 4. The van der Waals surface area contributed by atoms with E-state index in [0.29, 0.717) is 0 Å². The molecule has 0 bridgehead atoms. The predicted molar refractivity (Wildman–Crippen MR) is 193 cm³/mol. The van der Waals surface area contributed by atoms with Crippen molar-refractivity contribution in [3.63, 3.8) is 0 Å². The zero-order valence-corrected chi connectivity index (χ0v) is 34.5. The summed E-state index contributed by atoms with van der Waals surface area (Å²) in [7, 11) is 2.89. The van der Waals surface area contributed by atoms with Gasteiger partial charge >= 0.3 is 23.9 Å². The molecule has 0 aliphatic carbocycles. The van der Waals surface area contributed by atoms with Crippen LogP contribution in [0.15, 0.2) is 30.3 Å². The number of esters is 4. The Labute approximate surface area is 336 Å². The Balaban J connectivity index is 1.55. The highest BCUT2D eigenvalue weighted by molar-refractivity contribution is 5.67. The van der Waals surface area contributed by atoms with Crippen LogP contribution in [0.3, 0.4) is 0 Å². The van der Waals surface area contributed by atoms with Gasteiger partial charge in [-0.2, -0.15) is 0 Å². The molecule has 19 heteroatoms. The Hall–Kier alpha value is -3.34. The van der Waals surface area contributed by atoms with Crippen molar-refractivity contribution in [2.75, 3.05) is 14.2 Å². The Morgan fingerprint density at radius 1 is 0.586 bits per heavy atom. The summed E-state index contributed by atoms with van der Waals surface area (Å²) in [6.07, 6.45) is -18.8. The number of carbonyl (C=O) groups excluding carboxylic acids is 4. The average molecular weight is 829 g/mol. The molecule has 4 aliphatic rings. The summed E-state index contributed by atoms with van der Waals surface area (Å²) in [5.74, 6) is -6.00. The van der Waals surface area contributed by atoms with Crippen LogP contribution in [-0.2, 0) is 92.1 Å². The van der Waals surface area contributed by atoms with Crippen LogP contribution in [0.2, 0.25) is 0 Å². The molecule has 0 aromatic heterocycles. The van der Waals surface area contributed by atoms with E-state index in [1.54, 1.807) is 27.7 Å². The molecule has 0 saturated carbocycles. The second-order valence-corrected chi connectivity index (χ2v) is 14.9. The molecule has 5 rings (SSSR count). The van der Waals surface area contributed by atoms with Gasteiger partial charge in [0.05, 0.1) is 24.9 Å². The number of aliphatic hydroxyl groups excluding tert-OH is 1. The standard InChI is InChI=1S/C39H56O19/c1-18-27(51-21(4)40)26(44)30(53-23(6)42)36(49-18)55-31-28(52-22(5)41)19(2)50-37(33(31)54-24(7)43)56-34-32-29(57-38(8,45-10)39(9,46-11)58-32)20(3)48-35(34)47-17-25-15-13-12-14-16-25/h12-16,18-20,26-37,44H,17H2,1-11H3/t18-,19-,20-,26+,27-,28-,29-,30+,31+,32+,33+,34+,35+,36-,37-,38?,39?/m0/s1. The third-order valence-electron chi connectivity index (χ3n) is 10.6. The number of benzene rings is 1. The van der Waals surface area contributed by atoms with Gasteiger partial charge in [-0.25, -0.2) is 0 Å². The molecule has 19 nitrogen and oxygen atoms in total. The van der Waals surface area contributed by atoms with Gasteiger partial charge in [0.1, 0.15) is 30.5 Å². The smallest absolute Gasteiger partial charge is 0.303 e. The summed E-state index contributed by atoms with van der Waals surface area (Å²) in [5.41, 5.74) is 0.828. The van der Waals surface area contributed by atoms with E-state index in [4.69, 9.17) is 66.3 Å². The zero-order valence-electron chi connectivity index (χ0n) is 34.5. The van der Waals surface area contributed by atoms with Gasteiger partial charge in [0.15, 0.2) is 43.3 Å². The fourth-order valence-corrected chi connectivity index (χ4v) is 7.50. The molecule has 0 amide bonds. The first-order chi connectivity index (χ1) is 27.3. The zero-order chi connectivity index (χ0) is 42.7. The summed E-state index contributed by atoms with van der Waals surface area (Å²) in [6, 6.07) is 9.34. The van der Waals surface area contributed by atoms with Crippen LogP contribution in [0, 0.1) is 0 Å². The van der Waals surface area contributed by atoms with Crippen LogP contribution < -0.4 is 0 Å². The predicted octanol–water partition coefficient (Wildman–Crippen LogP) is 1.80. The largest absolute Gasteiger partial charge is 0.457 e. The van der Waals surface area contributed by atoms with Crippen LogP contribution in [0.5, 0.6) is 0 Å². The number of rotatable bonds is 13. The van der Waals surface area contributed by atoms with Crippen LogP contribution in [-0.4, -0.2) is 147 Å². The molecule has 58 heavy (non-hydrogen) atoms. The second-order valence-electron chi connectivity index (χ2n) is 14.9. The van der Waals surface area contributed by atoms with Gasteiger partial charge in [-0.15, -0.1) is 0 Å². The number of fused-ring (bicyclic) bond motifs is 1. The van der Waals surface area contributed by atoms with Crippen molar-refractivity contribution in [2.24, 2.45) is 0 Å². The van der Waals surface area contributed by atoms with Crippen molar-refractivity contribution in [3.05, 3.63) is 35.9 Å². The van der Waals surface area contributed by atoms with Gasteiger partial charge < -0.3 is 71.4 Å². The SMILES string of the molecule is COC1(C)O[C@@H]2[C@@H](OC1(C)OC)[C@H](C)O[C@@H](OCc1ccccc1)[C@@H]2O[C@@H]1O[C@@H](C)[C@H](OC(C)=O)[C@@H](O[C@@H]2O[C@@H](C)[C@H](OC(C)=O)[C@@H](O)[C@H]2OC(C)=O)[C@H]1OC(C)=O. The summed E-state index contributed by atoms with van der Waals surface area (Å²) >= 11 is 0. The monoisotopic (exact) mass is 828 g/mol. The van der Waals surface area contributed by atoms with Crippen molar-refractivity contribution in [1.82, 2.24) is 0 Å². The average Bonchev–Trinajstić information content (AvgIpc) is 3.15. The van der Waals surface area contributed by atoms with Gasteiger partial charge in [-0.3, -0.25) is 19.2 Å². The lowest BCUT2D eigenvalue weighted by atomic mass is 9.93. The highest BCUT2D eigenvalue weighted by Gasteiger charge is 2.64. The number of hydrogen-bond donors (Lipinski definition) is 1. The Morgan fingerprint density at radius 2 is 1.03 bits per heavy atom. The van der Waals surface area contributed by atoms with Crippen LogP contribution in [0.4, 0.5) is 0 Å². The van der Waals surface area contributed by atoms with Crippen molar-refractivity contribution >= 4 is 23.9 Å². The minimum absolute atomic E-state index is 0.0919. The first-order valence-electron chi connectivity index (χ1n) is 19.1. The van der Waals surface area contributed by atoms with E-state index >= 15 is 0 Å². The molecule has 0 spiro atoms. The molecule has 4 fully saturated rings. The minimum atomic E-state index is -1.64. The van der Waals surface area contributed by atoms with E-state index in [1.807, 2.05) is 30.3 Å². The molecule has 4 heterocycles. The maximum absolute atomic E-state index is 12.9. The summed E-state index contributed by atoms with van der Waals surface area (Å²) < 4.78 is 85.3. The number of methoxy groups -OCH3 is 2. The molecule has 4 saturated heterocycles. The number of hydrogen-bond acceptors (Lipinski definition) is 19. The lowest BCUT2D eigenvalue weighted by Crippen LogP contribution is -2.73. The lowest BCUT2D eigenvalue weighted by Gasteiger charge is -2.57. The molecule has 326 valence electrons.